The molecule has 184 valence electrons. The van der Waals surface area contributed by atoms with Crippen molar-refractivity contribution in [1.29, 1.82) is 0 Å². The zero-order valence-electron chi connectivity index (χ0n) is 19.7. The first-order chi connectivity index (χ1) is 17.0. The number of hydrogen-bond acceptors (Lipinski definition) is 8. The summed E-state index contributed by atoms with van der Waals surface area (Å²) in [7, 11) is 0. The van der Waals surface area contributed by atoms with Crippen molar-refractivity contribution < 1.29 is 8.81 Å². The topological polar surface area (TPSA) is 139 Å². The summed E-state index contributed by atoms with van der Waals surface area (Å²) < 4.78 is 20.6. The molecule has 0 unspecified atom stereocenters. The molecule has 0 aliphatic heterocycles. The van der Waals surface area contributed by atoms with Crippen LogP contribution in [-0.4, -0.2) is 46.0 Å². The highest BCUT2D eigenvalue weighted by atomic mass is 19.1. The molecule has 0 spiro atoms. The van der Waals surface area contributed by atoms with Gasteiger partial charge in [0, 0.05) is 18.3 Å². The molecule has 0 fully saturated rings. The maximum Gasteiger partial charge on any atom is 0.302 e. The molecule has 0 amide bonds. The summed E-state index contributed by atoms with van der Waals surface area (Å²) in [6.45, 7) is 5.11. The van der Waals surface area contributed by atoms with Crippen molar-refractivity contribution >= 4 is 23.1 Å². The predicted octanol–water partition coefficient (Wildman–Crippen LogP) is 3.27. The van der Waals surface area contributed by atoms with E-state index in [1.54, 1.807) is 12.1 Å². The fourth-order valence-electron chi connectivity index (χ4n) is 3.84. The molecule has 2 aromatic carbocycles. The first-order valence-electron chi connectivity index (χ1n) is 11.6. The molecule has 0 saturated carbocycles. The van der Waals surface area contributed by atoms with Gasteiger partial charge in [0.1, 0.15) is 11.3 Å². The lowest BCUT2D eigenvalue weighted by atomic mass is 10.1. The lowest BCUT2D eigenvalue weighted by molar-refractivity contribution is 0.258. The Hall–Kier alpha value is -3.60. The number of nitrogens with one attached hydrogen (secondary N) is 2. The van der Waals surface area contributed by atoms with Gasteiger partial charge in [-0.1, -0.05) is 18.2 Å². The molecule has 0 aliphatic carbocycles. The van der Waals surface area contributed by atoms with Crippen LogP contribution in [0.2, 0.25) is 0 Å². The summed E-state index contributed by atoms with van der Waals surface area (Å²) in [6, 6.07) is 10.7. The molecule has 0 bridgehead atoms. The van der Waals surface area contributed by atoms with Gasteiger partial charge in [0.05, 0.1) is 5.56 Å². The van der Waals surface area contributed by atoms with Crippen molar-refractivity contribution in [2.75, 3.05) is 31.5 Å². The van der Waals surface area contributed by atoms with Crippen molar-refractivity contribution in [2.45, 2.75) is 26.3 Å². The van der Waals surface area contributed by atoms with Gasteiger partial charge in [-0.2, -0.15) is 9.97 Å². The number of nitrogens with zero attached hydrogens (tertiary/aromatic N) is 3. The molecular weight excluding hydrogens is 449 g/mol. The van der Waals surface area contributed by atoms with Crippen LogP contribution in [0.25, 0.3) is 22.2 Å². The van der Waals surface area contributed by atoms with Gasteiger partial charge in [0.2, 0.25) is 5.95 Å². The minimum Gasteiger partial charge on any atom is -0.423 e. The van der Waals surface area contributed by atoms with Gasteiger partial charge in [0.25, 0.3) is 5.56 Å². The van der Waals surface area contributed by atoms with E-state index in [9.17, 15) is 9.18 Å². The van der Waals surface area contributed by atoms with Crippen LogP contribution in [-0.2, 0) is 6.54 Å². The summed E-state index contributed by atoms with van der Waals surface area (Å²) in [5, 5.41) is 2.87. The average molecular weight is 480 g/mol. The highest BCUT2D eigenvalue weighted by Gasteiger charge is 2.14. The molecule has 2 heterocycles. The van der Waals surface area contributed by atoms with Gasteiger partial charge < -0.3 is 20.9 Å². The molecule has 6 N–H and O–H groups in total. The molecule has 0 aliphatic rings. The zero-order chi connectivity index (χ0) is 24.8. The molecule has 10 heteroatoms. The number of hydrogen-bond donors (Lipinski definition) is 4. The van der Waals surface area contributed by atoms with Crippen molar-refractivity contribution in [3.05, 3.63) is 69.9 Å². The van der Waals surface area contributed by atoms with Crippen LogP contribution < -0.4 is 22.3 Å². The molecule has 0 atom stereocenters. The number of nitrogens with two attached hydrogens (primary N) is 2. The van der Waals surface area contributed by atoms with E-state index in [1.807, 2.05) is 25.1 Å². The molecule has 9 nitrogen and oxygen atoms in total. The van der Waals surface area contributed by atoms with E-state index < -0.39 is 5.56 Å². The monoisotopic (exact) mass is 479 g/mol. The first kappa shape index (κ1) is 24.5. The van der Waals surface area contributed by atoms with E-state index in [4.69, 9.17) is 15.9 Å². The second-order valence-corrected chi connectivity index (χ2v) is 8.45. The van der Waals surface area contributed by atoms with Crippen LogP contribution in [0.4, 0.5) is 16.4 Å². The number of benzene rings is 2. The third-order valence-electron chi connectivity index (χ3n) is 5.68. The minimum absolute atomic E-state index is 0.176. The van der Waals surface area contributed by atoms with Crippen molar-refractivity contribution in [1.82, 2.24) is 19.9 Å². The second kappa shape index (κ2) is 11.2. The van der Waals surface area contributed by atoms with E-state index in [0.29, 0.717) is 41.9 Å². The Morgan fingerprint density at radius 2 is 1.86 bits per heavy atom. The molecule has 0 radical (unpaired) electrons. The number of aryl methyl sites for hydroxylation is 1. The molecule has 0 saturated heterocycles. The Kier molecular flexibility index (Phi) is 7.86. The van der Waals surface area contributed by atoms with E-state index >= 15 is 0 Å². The summed E-state index contributed by atoms with van der Waals surface area (Å²) in [6.07, 6.45) is 3.15. The van der Waals surface area contributed by atoms with Crippen LogP contribution in [0, 0.1) is 12.7 Å². The third kappa shape index (κ3) is 6.10. The molecule has 4 aromatic rings. The van der Waals surface area contributed by atoms with E-state index in [1.165, 1.54) is 12.3 Å². The van der Waals surface area contributed by atoms with Crippen LogP contribution in [0.1, 0.15) is 24.0 Å². The Morgan fingerprint density at radius 3 is 2.54 bits per heavy atom. The SMILES string of the molecule is Cc1ccc2nc(Nc3nc(=O)c(-c4ccc(CN(CCCN)CCCN)c(F)c4)c[nH]3)oc2c1. The van der Waals surface area contributed by atoms with E-state index in [2.05, 4.69) is 25.2 Å². The normalized spacial score (nSPS) is 11.5. The Bertz CT molecular complexity index is 1340. The number of halogens is 1. The van der Waals surface area contributed by atoms with Gasteiger partial charge in [-0.05, 0) is 75.3 Å². The number of H-pyrrole nitrogens is 1. The lowest BCUT2D eigenvalue weighted by Gasteiger charge is -2.22. The number of rotatable bonds is 11. The lowest BCUT2D eigenvalue weighted by Crippen LogP contribution is -2.28. The average Bonchev–Trinajstić information content (AvgIpc) is 3.23. The second-order valence-electron chi connectivity index (χ2n) is 8.45. The summed E-state index contributed by atoms with van der Waals surface area (Å²) in [5.41, 5.74) is 14.4. The summed E-state index contributed by atoms with van der Waals surface area (Å²) in [5.74, 6) is -0.203. The quantitative estimate of drug-likeness (QED) is 0.257. The van der Waals surface area contributed by atoms with Crippen LogP contribution in [0.5, 0.6) is 0 Å². The number of oxazole rings is 1. The highest BCUT2D eigenvalue weighted by molar-refractivity contribution is 5.75. The van der Waals surface area contributed by atoms with Gasteiger partial charge in [-0.25, -0.2) is 4.39 Å². The fraction of sp³-hybridized carbons (Fsp3) is 0.320. The van der Waals surface area contributed by atoms with Crippen LogP contribution in [0.3, 0.4) is 0 Å². The van der Waals surface area contributed by atoms with Crippen LogP contribution >= 0.6 is 0 Å². The molecule has 2 aromatic heterocycles. The smallest absolute Gasteiger partial charge is 0.302 e. The minimum atomic E-state index is -0.502. The maximum absolute atomic E-state index is 14.9. The zero-order valence-corrected chi connectivity index (χ0v) is 19.7. The van der Waals surface area contributed by atoms with Crippen molar-refractivity contribution in [3.63, 3.8) is 0 Å². The van der Waals surface area contributed by atoms with Gasteiger partial charge in [0.15, 0.2) is 5.58 Å². The summed E-state index contributed by atoms with van der Waals surface area (Å²) >= 11 is 0. The first-order valence-corrected chi connectivity index (χ1v) is 11.6. The van der Waals surface area contributed by atoms with Crippen molar-refractivity contribution in [2.24, 2.45) is 11.5 Å². The highest BCUT2D eigenvalue weighted by Crippen LogP contribution is 2.23. The van der Waals surface area contributed by atoms with Crippen LogP contribution in [0.15, 0.2) is 51.8 Å². The third-order valence-corrected chi connectivity index (χ3v) is 5.68. The summed E-state index contributed by atoms with van der Waals surface area (Å²) in [4.78, 5) is 26.1. The fourth-order valence-corrected chi connectivity index (χ4v) is 3.84. The van der Waals surface area contributed by atoms with E-state index in [0.717, 1.165) is 31.5 Å². The molecular formula is C25H30FN7O2. The molecule has 35 heavy (non-hydrogen) atoms. The number of aromatic amines is 1. The predicted molar refractivity (Wildman–Crippen MR) is 135 cm³/mol. The van der Waals surface area contributed by atoms with Crippen molar-refractivity contribution in [3.8, 4) is 11.1 Å². The number of fused-ring (bicyclic) bond motifs is 1. The van der Waals surface area contributed by atoms with E-state index in [-0.39, 0.29) is 23.3 Å². The number of aromatic nitrogens is 3. The molecule has 4 rings (SSSR count). The Balaban J connectivity index is 1.49. The van der Waals surface area contributed by atoms with Gasteiger partial charge in [-0.15, -0.1) is 0 Å². The largest absolute Gasteiger partial charge is 0.423 e. The Morgan fingerprint density at radius 1 is 1.09 bits per heavy atom. The van der Waals surface area contributed by atoms with Gasteiger partial charge in [-0.3, -0.25) is 15.0 Å². The standard InChI is InChI=1S/C25H30FN7O2/c1-16-4-7-21-22(12-16)35-25(30-21)32-24-29-14-19(23(34)31-24)17-5-6-18(20(26)13-17)15-33(10-2-8-27)11-3-9-28/h4-7,12-14H,2-3,8-11,15,27-28H2,1H3,(H2,29,30,31,32,34). The Labute approximate surface area is 202 Å². The van der Waals surface area contributed by atoms with Gasteiger partial charge >= 0.3 is 6.01 Å². The number of anilines is 2. The maximum atomic E-state index is 14.9.